The fraction of sp³-hybridized carbons (Fsp3) is 0.483. The van der Waals surface area contributed by atoms with Gasteiger partial charge < -0.3 is 15.3 Å². The van der Waals surface area contributed by atoms with Gasteiger partial charge in [0.15, 0.2) is 0 Å². The molecule has 6 nitrogen and oxygen atoms in total. The van der Waals surface area contributed by atoms with Crippen LogP contribution in [-0.4, -0.2) is 55.3 Å². The number of rotatable bonds is 11. The highest BCUT2D eigenvalue weighted by Gasteiger charge is 2.14. The molecular formula is C29H45N5OS2. The molecule has 8 heteroatoms. The van der Waals surface area contributed by atoms with Crippen LogP contribution in [-0.2, 0) is 0 Å². The van der Waals surface area contributed by atoms with Gasteiger partial charge in [-0.15, -0.1) is 23.1 Å². The van der Waals surface area contributed by atoms with Crippen LogP contribution < -0.4 is 10.2 Å². The van der Waals surface area contributed by atoms with Crippen molar-refractivity contribution in [1.82, 2.24) is 9.97 Å². The standard InChI is InChI=1S/C17H26N4OS.C8H9NS.C4H10/c1-12(8-10-22)7-9-18-16-13(2)15(14-6-5-11-23-14)19-17(20-16)21(3)4;1-9-7-5-3-4-6-8(7)10-2;1-3-4-2/h5-6,11-12,22H,7-10H2,1-4H3,(H,18,19,20);3-6H,1H2,2H3;3-4H2,1-2H3. The van der Waals surface area contributed by atoms with Crippen molar-refractivity contribution in [2.75, 3.05) is 43.7 Å². The Balaban J connectivity index is 0.000000402. The number of hydrogen-bond acceptors (Lipinski definition) is 8. The van der Waals surface area contributed by atoms with Crippen molar-refractivity contribution in [3.8, 4) is 10.6 Å². The van der Waals surface area contributed by atoms with Gasteiger partial charge in [-0.3, -0.25) is 4.99 Å². The Labute approximate surface area is 232 Å². The number of hydrogen-bond donors (Lipinski definition) is 2. The molecule has 204 valence electrons. The van der Waals surface area contributed by atoms with Crippen LogP contribution >= 0.6 is 23.1 Å². The highest BCUT2D eigenvalue weighted by atomic mass is 32.2. The van der Waals surface area contributed by atoms with Crippen molar-refractivity contribution >= 4 is 47.3 Å². The van der Waals surface area contributed by atoms with Crippen LogP contribution in [0.4, 0.5) is 17.5 Å². The first-order valence-electron chi connectivity index (χ1n) is 12.9. The Morgan fingerprint density at radius 2 is 1.81 bits per heavy atom. The third-order valence-corrected chi connectivity index (χ3v) is 7.26. The molecule has 2 aromatic heterocycles. The molecule has 1 unspecified atom stereocenters. The second kappa shape index (κ2) is 18.8. The maximum Gasteiger partial charge on any atom is 0.227 e. The minimum Gasteiger partial charge on any atom is -0.396 e. The number of aliphatic imine (C=N–C) groups is 1. The maximum atomic E-state index is 8.99. The zero-order chi connectivity index (χ0) is 27.6. The summed E-state index contributed by atoms with van der Waals surface area (Å²) in [5.74, 6) is 2.10. The Morgan fingerprint density at radius 3 is 2.32 bits per heavy atom. The van der Waals surface area contributed by atoms with Gasteiger partial charge in [-0.05, 0) is 62.2 Å². The number of thiophene rings is 1. The van der Waals surface area contributed by atoms with Gasteiger partial charge in [-0.25, -0.2) is 4.98 Å². The van der Waals surface area contributed by atoms with Gasteiger partial charge in [0.25, 0.3) is 0 Å². The number of aliphatic hydroxyl groups is 1. The van der Waals surface area contributed by atoms with Gasteiger partial charge in [-0.1, -0.05) is 51.8 Å². The molecule has 0 aliphatic carbocycles. The third kappa shape index (κ3) is 11.7. The van der Waals surface area contributed by atoms with Crippen LogP contribution in [0.3, 0.4) is 0 Å². The summed E-state index contributed by atoms with van der Waals surface area (Å²) >= 11 is 3.38. The molecule has 3 aromatic rings. The van der Waals surface area contributed by atoms with E-state index in [1.807, 2.05) is 55.6 Å². The van der Waals surface area contributed by atoms with Gasteiger partial charge in [0, 0.05) is 37.7 Å². The Hall–Kier alpha value is -2.42. The molecule has 0 aliphatic rings. The third-order valence-electron chi connectivity index (χ3n) is 5.60. The van der Waals surface area contributed by atoms with Crippen molar-refractivity contribution in [3.63, 3.8) is 0 Å². The Kier molecular flexibility index (Phi) is 16.5. The van der Waals surface area contributed by atoms with Gasteiger partial charge in [0.2, 0.25) is 5.95 Å². The monoisotopic (exact) mass is 543 g/mol. The van der Waals surface area contributed by atoms with Gasteiger partial charge in [0.05, 0.1) is 16.3 Å². The van der Waals surface area contributed by atoms with Crippen LogP contribution in [0.25, 0.3) is 10.6 Å². The van der Waals surface area contributed by atoms with E-state index in [1.54, 1.807) is 23.1 Å². The van der Waals surface area contributed by atoms with E-state index in [4.69, 9.17) is 10.1 Å². The highest BCUT2D eigenvalue weighted by Crippen LogP contribution is 2.31. The minimum absolute atomic E-state index is 0.251. The van der Waals surface area contributed by atoms with Crippen LogP contribution in [0.1, 0.15) is 52.0 Å². The topological polar surface area (TPSA) is 73.6 Å². The van der Waals surface area contributed by atoms with Crippen molar-refractivity contribution in [2.45, 2.75) is 58.3 Å². The van der Waals surface area contributed by atoms with Crippen molar-refractivity contribution < 1.29 is 5.11 Å². The largest absolute Gasteiger partial charge is 0.396 e. The molecule has 0 fully saturated rings. The number of para-hydroxylation sites is 1. The summed E-state index contributed by atoms with van der Waals surface area (Å²) in [6.07, 6.45) is 6.52. The molecule has 1 aromatic carbocycles. The Morgan fingerprint density at radius 1 is 1.11 bits per heavy atom. The van der Waals surface area contributed by atoms with E-state index >= 15 is 0 Å². The minimum atomic E-state index is 0.251. The summed E-state index contributed by atoms with van der Waals surface area (Å²) in [6, 6.07) is 12.1. The summed E-state index contributed by atoms with van der Waals surface area (Å²) in [5, 5.41) is 14.5. The number of thioether (sulfide) groups is 1. The molecule has 37 heavy (non-hydrogen) atoms. The maximum absolute atomic E-state index is 8.99. The zero-order valence-electron chi connectivity index (χ0n) is 23.6. The molecule has 3 rings (SSSR count). The lowest BCUT2D eigenvalue weighted by atomic mass is 10.0. The van der Waals surface area contributed by atoms with Crippen LogP contribution in [0.2, 0.25) is 0 Å². The number of anilines is 2. The summed E-state index contributed by atoms with van der Waals surface area (Å²) in [5.41, 5.74) is 3.03. The molecule has 2 heterocycles. The molecule has 0 amide bonds. The van der Waals surface area contributed by atoms with E-state index in [9.17, 15) is 0 Å². The number of aliphatic hydroxyl groups excluding tert-OH is 1. The normalized spacial score (nSPS) is 10.9. The smallest absolute Gasteiger partial charge is 0.227 e. The van der Waals surface area contributed by atoms with E-state index in [0.29, 0.717) is 11.9 Å². The lowest BCUT2D eigenvalue weighted by Crippen LogP contribution is -2.16. The predicted molar refractivity (Wildman–Crippen MR) is 166 cm³/mol. The fourth-order valence-electron chi connectivity index (χ4n) is 3.09. The summed E-state index contributed by atoms with van der Waals surface area (Å²) in [4.78, 5) is 17.5. The van der Waals surface area contributed by atoms with Crippen LogP contribution in [0.15, 0.2) is 51.7 Å². The first kappa shape index (κ1) is 32.6. The van der Waals surface area contributed by atoms with E-state index in [0.717, 1.165) is 47.0 Å². The first-order chi connectivity index (χ1) is 17.8. The van der Waals surface area contributed by atoms with Crippen LogP contribution in [0, 0.1) is 12.8 Å². The molecule has 0 bridgehead atoms. The number of nitrogens with one attached hydrogen (secondary N) is 1. The summed E-state index contributed by atoms with van der Waals surface area (Å²) < 4.78 is 0. The highest BCUT2D eigenvalue weighted by molar-refractivity contribution is 7.98. The van der Waals surface area contributed by atoms with Crippen molar-refractivity contribution in [3.05, 3.63) is 47.3 Å². The number of nitrogens with zero attached hydrogens (tertiary/aromatic N) is 4. The summed E-state index contributed by atoms with van der Waals surface area (Å²) in [6.45, 7) is 13.2. The van der Waals surface area contributed by atoms with Gasteiger partial charge >= 0.3 is 0 Å². The summed E-state index contributed by atoms with van der Waals surface area (Å²) in [7, 11) is 3.91. The lowest BCUT2D eigenvalue weighted by Gasteiger charge is -2.17. The number of unbranched alkanes of at least 4 members (excludes halogenated alkanes) is 1. The van der Waals surface area contributed by atoms with Crippen molar-refractivity contribution in [2.24, 2.45) is 10.9 Å². The van der Waals surface area contributed by atoms with E-state index in [2.05, 4.69) is 61.2 Å². The van der Waals surface area contributed by atoms with Gasteiger partial charge in [0.1, 0.15) is 5.82 Å². The van der Waals surface area contributed by atoms with E-state index < -0.39 is 0 Å². The Bertz CT molecular complexity index is 1020. The van der Waals surface area contributed by atoms with Crippen LogP contribution in [0.5, 0.6) is 0 Å². The SMILES string of the molecule is C=Nc1ccccc1SC.CCCC.Cc1c(NCCC(C)CCO)nc(N(C)C)nc1-c1cccs1. The zero-order valence-corrected chi connectivity index (χ0v) is 25.3. The van der Waals surface area contributed by atoms with Gasteiger partial charge in [-0.2, -0.15) is 4.98 Å². The molecule has 0 radical (unpaired) electrons. The lowest BCUT2D eigenvalue weighted by molar-refractivity contribution is 0.260. The molecule has 0 aliphatic heterocycles. The average Bonchev–Trinajstić information content (AvgIpc) is 3.45. The molecule has 2 N–H and O–H groups in total. The quantitative estimate of drug-likeness (QED) is 0.189. The first-order valence-corrected chi connectivity index (χ1v) is 15.0. The molecular weight excluding hydrogens is 498 g/mol. The second-order valence-corrected chi connectivity index (χ2v) is 10.7. The molecule has 0 saturated carbocycles. The van der Waals surface area contributed by atoms with E-state index in [-0.39, 0.29) is 6.61 Å². The average molecular weight is 544 g/mol. The molecule has 0 saturated heterocycles. The molecule has 0 spiro atoms. The predicted octanol–water partition coefficient (Wildman–Crippen LogP) is 7.95. The number of aromatic nitrogens is 2. The van der Waals surface area contributed by atoms with Crippen molar-refractivity contribution in [1.29, 1.82) is 0 Å². The second-order valence-electron chi connectivity index (χ2n) is 8.88. The number of benzene rings is 1. The molecule has 1 atom stereocenters. The van der Waals surface area contributed by atoms with E-state index in [1.165, 1.54) is 17.7 Å². The fourth-order valence-corrected chi connectivity index (χ4v) is 4.42.